The molecule has 0 amide bonds. The molecule has 0 atom stereocenters. The number of allylic oxidation sites excluding steroid dienone is 2. The molecule has 0 spiro atoms. The zero-order valence-corrected chi connectivity index (χ0v) is 23.0. The van der Waals surface area contributed by atoms with E-state index in [4.69, 9.17) is 0 Å². The third kappa shape index (κ3) is 9.24. The van der Waals surface area contributed by atoms with Gasteiger partial charge in [-0.3, -0.25) is 0 Å². The molecule has 6 rings (SSSR count). The van der Waals surface area contributed by atoms with Gasteiger partial charge in [-0.1, -0.05) is 125 Å². The van der Waals surface area contributed by atoms with E-state index in [1.54, 1.807) is 16.7 Å². The second kappa shape index (κ2) is 16.1. The molecule has 3 fully saturated rings. The van der Waals surface area contributed by atoms with E-state index in [1.165, 1.54) is 122 Å². The van der Waals surface area contributed by atoms with Gasteiger partial charge in [0.1, 0.15) is 0 Å². The predicted molar refractivity (Wildman–Crippen MR) is 158 cm³/mol. The second-order valence-electron chi connectivity index (χ2n) is 11.8. The lowest BCUT2D eigenvalue weighted by Crippen LogP contribution is -2.06. The van der Waals surface area contributed by atoms with Crippen molar-refractivity contribution in [3.05, 3.63) is 83.4 Å². The minimum atomic E-state index is 0.860. The van der Waals surface area contributed by atoms with Crippen LogP contribution in [0.5, 0.6) is 0 Å². The highest BCUT2D eigenvalue weighted by Gasteiger charge is 2.18. The molecule has 4 aliphatic rings. The van der Waals surface area contributed by atoms with E-state index in [0.717, 1.165) is 17.8 Å². The van der Waals surface area contributed by atoms with E-state index in [9.17, 15) is 0 Å². The first kappa shape index (κ1) is 27.2. The second-order valence-corrected chi connectivity index (χ2v) is 11.8. The topological polar surface area (TPSA) is 0 Å². The maximum atomic E-state index is 2.43. The van der Waals surface area contributed by atoms with Gasteiger partial charge in [0.2, 0.25) is 0 Å². The van der Waals surface area contributed by atoms with Gasteiger partial charge in [0.05, 0.1) is 0 Å². The van der Waals surface area contributed by atoms with E-state index in [2.05, 4.69) is 66.7 Å². The van der Waals surface area contributed by atoms with E-state index < -0.39 is 0 Å². The molecule has 2 aromatic carbocycles. The molecule has 2 aromatic rings. The Morgan fingerprint density at radius 3 is 0.972 bits per heavy atom. The number of rotatable bonds is 3. The molecule has 196 valence electrons. The van der Waals surface area contributed by atoms with Crippen molar-refractivity contribution in [3.8, 4) is 0 Å². The normalized spacial score (nSPS) is 21.6. The molecule has 0 aliphatic heterocycles. The lowest BCUT2D eigenvalue weighted by Gasteiger charge is -2.24. The van der Waals surface area contributed by atoms with Gasteiger partial charge in [0, 0.05) is 0 Å². The fraction of sp³-hybridized carbons (Fsp3) is 0.611. The molecule has 0 nitrogen and oxygen atoms in total. The summed E-state index contributed by atoms with van der Waals surface area (Å²) in [6, 6.07) is 20.7. The fourth-order valence-electron chi connectivity index (χ4n) is 6.83. The predicted octanol–water partition coefficient (Wildman–Crippen LogP) is 11.6. The summed E-state index contributed by atoms with van der Waals surface area (Å²) in [6.07, 6.45) is 31.5. The van der Waals surface area contributed by atoms with Crippen LogP contribution >= 0.6 is 0 Å². The van der Waals surface area contributed by atoms with Crippen LogP contribution in [0.1, 0.15) is 156 Å². The standard InChI is InChI=1S/C18H26.C12H16.C6H10/c1-3-7-15(8-4-1)17-11-13-18(14-12-17)16-9-5-2-6-10-16;1-3-7-11(8-4-1)12-9-5-2-6-10-12;1-2-4-6-5-3-1/h11-16H,1-10H2;1,3-4,7-8,12H,2,5-6,9-10H2;1-2H,3-6H2. The molecule has 3 saturated carbocycles. The van der Waals surface area contributed by atoms with Crippen LogP contribution in [0.15, 0.2) is 66.7 Å². The third-order valence-corrected chi connectivity index (χ3v) is 9.12. The van der Waals surface area contributed by atoms with Crippen molar-refractivity contribution >= 4 is 0 Å². The Labute approximate surface area is 223 Å². The van der Waals surface area contributed by atoms with Crippen molar-refractivity contribution in [1.82, 2.24) is 0 Å². The molecular formula is C36H52. The zero-order valence-electron chi connectivity index (χ0n) is 23.0. The Bertz CT molecular complexity index is 782. The third-order valence-electron chi connectivity index (χ3n) is 9.12. The molecule has 0 unspecified atom stereocenters. The van der Waals surface area contributed by atoms with E-state index in [-0.39, 0.29) is 0 Å². The lowest BCUT2D eigenvalue weighted by atomic mass is 9.81. The number of hydrogen-bond donors (Lipinski definition) is 0. The molecule has 0 radical (unpaired) electrons. The summed E-state index contributed by atoms with van der Waals surface area (Å²) in [7, 11) is 0. The van der Waals surface area contributed by atoms with Gasteiger partial charge in [-0.2, -0.15) is 0 Å². The lowest BCUT2D eigenvalue weighted by molar-refractivity contribution is 0.439. The Balaban J connectivity index is 0.000000145. The average Bonchev–Trinajstić information content (AvgIpc) is 3.01. The van der Waals surface area contributed by atoms with Gasteiger partial charge in [-0.05, 0) is 98.7 Å². The molecular weight excluding hydrogens is 432 g/mol. The smallest absolute Gasteiger partial charge is 0.0162 e. The Hall–Kier alpha value is -1.82. The van der Waals surface area contributed by atoms with Crippen molar-refractivity contribution in [2.45, 2.75) is 140 Å². The minimum Gasteiger partial charge on any atom is -0.0885 e. The van der Waals surface area contributed by atoms with Crippen molar-refractivity contribution in [2.24, 2.45) is 0 Å². The van der Waals surface area contributed by atoms with Crippen molar-refractivity contribution in [1.29, 1.82) is 0 Å². The van der Waals surface area contributed by atoms with E-state index in [0.29, 0.717) is 0 Å². The summed E-state index contributed by atoms with van der Waals surface area (Å²) in [5.74, 6) is 2.58. The molecule has 0 aromatic heterocycles. The summed E-state index contributed by atoms with van der Waals surface area (Å²) >= 11 is 0. The first-order valence-corrected chi connectivity index (χ1v) is 15.7. The summed E-state index contributed by atoms with van der Waals surface area (Å²) < 4.78 is 0. The summed E-state index contributed by atoms with van der Waals surface area (Å²) in [5, 5.41) is 0. The Kier molecular flexibility index (Phi) is 12.2. The van der Waals surface area contributed by atoms with Crippen molar-refractivity contribution < 1.29 is 0 Å². The van der Waals surface area contributed by atoms with E-state index in [1.807, 2.05) is 0 Å². The van der Waals surface area contributed by atoms with E-state index >= 15 is 0 Å². The van der Waals surface area contributed by atoms with Crippen LogP contribution < -0.4 is 0 Å². The molecule has 0 heterocycles. The SMILES string of the molecule is C1=CCCCC1.c1cc(C2CCCCC2)ccc1C1CCCCC1.c1ccc(C2CCCCC2)cc1. The molecule has 36 heavy (non-hydrogen) atoms. The van der Waals surface area contributed by atoms with Gasteiger partial charge in [-0.25, -0.2) is 0 Å². The Morgan fingerprint density at radius 1 is 0.333 bits per heavy atom. The zero-order chi connectivity index (χ0) is 24.7. The molecule has 0 N–H and O–H groups in total. The van der Waals surface area contributed by atoms with Crippen LogP contribution in [0.3, 0.4) is 0 Å². The average molecular weight is 485 g/mol. The maximum absolute atomic E-state index is 2.43. The molecule has 0 saturated heterocycles. The maximum Gasteiger partial charge on any atom is -0.0162 e. The monoisotopic (exact) mass is 484 g/mol. The van der Waals surface area contributed by atoms with Gasteiger partial charge >= 0.3 is 0 Å². The highest BCUT2D eigenvalue weighted by atomic mass is 14.2. The van der Waals surface area contributed by atoms with Gasteiger partial charge in [0.15, 0.2) is 0 Å². The van der Waals surface area contributed by atoms with Gasteiger partial charge in [-0.15, -0.1) is 0 Å². The summed E-state index contributed by atoms with van der Waals surface area (Å²) in [6.45, 7) is 0. The number of hydrogen-bond acceptors (Lipinski definition) is 0. The first-order valence-electron chi connectivity index (χ1n) is 15.7. The first-order chi connectivity index (χ1) is 17.9. The number of benzene rings is 2. The molecule has 0 heteroatoms. The van der Waals surface area contributed by atoms with Crippen LogP contribution in [0.4, 0.5) is 0 Å². The van der Waals surface area contributed by atoms with Crippen molar-refractivity contribution in [3.63, 3.8) is 0 Å². The van der Waals surface area contributed by atoms with Gasteiger partial charge < -0.3 is 0 Å². The molecule has 0 bridgehead atoms. The van der Waals surface area contributed by atoms with Gasteiger partial charge in [0.25, 0.3) is 0 Å². The van der Waals surface area contributed by atoms with Crippen LogP contribution in [0.25, 0.3) is 0 Å². The van der Waals surface area contributed by atoms with Crippen LogP contribution in [-0.2, 0) is 0 Å². The highest BCUT2D eigenvalue weighted by molar-refractivity contribution is 5.28. The Morgan fingerprint density at radius 2 is 0.667 bits per heavy atom. The fourth-order valence-corrected chi connectivity index (χ4v) is 6.83. The quantitative estimate of drug-likeness (QED) is 0.380. The summed E-state index contributed by atoms with van der Waals surface area (Å²) in [4.78, 5) is 0. The summed E-state index contributed by atoms with van der Waals surface area (Å²) in [5.41, 5.74) is 4.76. The molecule has 4 aliphatic carbocycles. The largest absolute Gasteiger partial charge is 0.0885 e. The van der Waals surface area contributed by atoms with Crippen LogP contribution in [-0.4, -0.2) is 0 Å². The minimum absolute atomic E-state index is 0.860. The van der Waals surface area contributed by atoms with Crippen LogP contribution in [0.2, 0.25) is 0 Å². The highest BCUT2D eigenvalue weighted by Crippen LogP contribution is 2.36. The van der Waals surface area contributed by atoms with Crippen LogP contribution in [0, 0.1) is 0 Å². The van der Waals surface area contributed by atoms with Crippen molar-refractivity contribution in [2.75, 3.05) is 0 Å².